The summed E-state index contributed by atoms with van der Waals surface area (Å²) in [5, 5.41) is 5.13. The molecule has 6 nitrogen and oxygen atoms in total. The number of carbonyl (C=O) groups is 1. The average Bonchev–Trinajstić information content (AvgIpc) is 3.01. The predicted molar refractivity (Wildman–Crippen MR) is 110 cm³/mol. The number of aromatic nitrogens is 3. The minimum Gasteiger partial charge on any atom is -0.368 e. The Morgan fingerprint density at radius 2 is 1.57 bits per heavy atom. The van der Waals surface area contributed by atoms with Crippen molar-refractivity contribution in [3.05, 3.63) is 70.8 Å². The van der Waals surface area contributed by atoms with Gasteiger partial charge in [0.15, 0.2) is 0 Å². The molecule has 1 aliphatic rings. The minimum absolute atomic E-state index is 0.0623. The van der Waals surface area contributed by atoms with E-state index >= 15 is 0 Å². The van der Waals surface area contributed by atoms with Gasteiger partial charge in [0.1, 0.15) is 0 Å². The lowest BCUT2D eigenvalue weighted by Gasteiger charge is -2.36. The largest absolute Gasteiger partial charge is 0.368 e. The second-order valence-electron chi connectivity index (χ2n) is 6.93. The molecule has 3 heterocycles. The molecular weight excluding hydrogens is 374 g/mol. The summed E-state index contributed by atoms with van der Waals surface area (Å²) in [7, 11) is 0. The summed E-state index contributed by atoms with van der Waals surface area (Å²) >= 11 is 6.24. The Bertz CT molecular complexity index is 976. The maximum Gasteiger partial charge on any atom is 0.253 e. The smallest absolute Gasteiger partial charge is 0.253 e. The quantitative estimate of drug-likeness (QED) is 0.681. The Balaban J connectivity index is 1.44. The molecule has 1 fully saturated rings. The van der Waals surface area contributed by atoms with E-state index in [0.717, 1.165) is 35.9 Å². The topological polar surface area (TPSA) is 54.3 Å². The van der Waals surface area contributed by atoms with Gasteiger partial charge in [-0.15, -0.1) is 0 Å². The summed E-state index contributed by atoms with van der Waals surface area (Å²) in [6, 6.07) is 11.5. The first-order valence-corrected chi connectivity index (χ1v) is 9.69. The van der Waals surface area contributed by atoms with Gasteiger partial charge >= 0.3 is 0 Å². The number of hydrogen-bond donors (Lipinski definition) is 0. The molecule has 0 aliphatic carbocycles. The molecule has 144 valence electrons. The molecule has 1 aliphatic heterocycles. The number of aryl methyl sites for hydroxylation is 1. The summed E-state index contributed by atoms with van der Waals surface area (Å²) in [6.07, 6.45) is 3.59. The molecule has 0 saturated carbocycles. The Kier molecular flexibility index (Phi) is 5.05. The molecule has 2 aromatic heterocycles. The van der Waals surface area contributed by atoms with Crippen molar-refractivity contribution in [2.45, 2.75) is 13.8 Å². The zero-order chi connectivity index (χ0) is 19.7. The van der Waals surface area contributed by atoms with Gasteiger partial charge in [-0.1, -0.05) is 11.6 Å². The molecule has 0 N–H and O–H groups in total. The number of anilines is 1. The fourth-order valence-electron chi connectivity index (χ4n) is 3.53. The molecule has 1 aromatic carbocycles. The SMILES string of the molecule is Cc1nn(-c2ccc(C(=O)N3CCN(c4ccncc4)CC3)cc2)c(C)c1Cl. The first kappa shape index (κ1) is 18.5. The van der Waals surface area contributed by atoms with Crippen LogP contribution in [0.4, 0.5) is 5.69 Å². The van der Waals surface area contributed by atoms with Crippen molar-refractivity contribution < 1.29 is 4.79 Å². The van der Waals surface area contributed by atoms with Crippen molar-refractivity contribution in [1.29, 1.82) is 0 Å². The molecule has 0 atom stereocenters. The van der Waals surface area contributed by atoms with E-state index in [4.69, 9.17) is 11.6 Å². The molecule has 0 radical (unpaired) electrons. The highest BCUT2D eigenvalue weighted by Gasteiger charge is 2.22. The summed E-state index contributed by atoms with van der Waals surface area (Å²) < 4.78 is 1.80. The zero-order valence-electron chi connectivity index (χ0n) is 16.0. The molecule has 28 heavy (non-hydrogen) atoms. The Morgan fingerprint density at radius 1 is 0.929 bits per heavy atom. The summed E-state index contributed by atoms with van der Waals surface area (Å²) in [5.74, 6) is 0.0623. The fourth-order valence-corrected chi connectivity index (χ4v) is 3.64. The van der Waals surface area contributed by atoms with Crippen molar-refractivity contribution in [3.63, 3.8) is 0 Å². The Morgan fingerprint density at radius 3 is 2.14 bits per heavy atom. The van der Waals surface area contributed by atoms with Crippen LogP contribution >= 0.6 is 11.6 Å². The van der Waals surface area contributed by atoms with Gasteiger partial charge in [0.25, 0.3) is 5.91 Å². The van der Waals surface area contributed by atoms with Crippen LogP contribution in [0.5, 0.6) is 0 Å². The van der Waals surface area contributed by atoms with Crippen LogP contribution < -0.4 is 4.90 Å². The van der Waals surface area contributed by atoms with E-state index in [1.807, 2.05) is 55.1 Å². The minimum atomic E-state index is 0.0623. The molecule has 1 amide bonds. The van der Waals surface area contributed by atoms with Crippen molar-refractivity contribution in [2.24, 2.45) is 0 Å². The molecule has 1 saturated heterocycles. The number of nitrogens with zero attached hydrogens (tertiary/aromatic N) is 5. The van der Waals surface area contributed by atoms with Crippen LogP contribution in [0.2, 0.25) is 5.02 Å². The van der Waals surface area contributed by atoms with Gasteiger partial charge in [0, 0.05) is 49.8 Å². The van der Waals surface area contributed by atoms with Gasteiger partial charge in [-0.25, -0.2) is 4.68 Å². The summed E-state index contributed by atoms with van der Waals surface area (Å²) in [5.41, 5.74) is 4.42. The summed E-state index contributed by atoms with van der Waals surface area (Å²) in [4.78, 5) is 21.1. The van der Waals surface area contributed by atoms with E-state index < -0.39 is 0 Å². The second-order valence-corrected chi connectivity index (χ2v) is 7.31. The molecular formula is C21H22ClN5O. The molecule has 7 heteroatoms. The lowest BCUT2D eigenvalue weighted by Crippen LogP contribution is -2.48. The molecule has 0 spiro atoms. The number of hydrogen-bond acceptors (Lipinski definition) is 4. The first-order chi connectivity index (χ1) is 13.5. The number of pyridine rings is 1. The van der Waals surface area contributed by atoms with Crippen LogP contribution in [0, 0.1) is 13.8 Å². The lowest BCUT2D eigenvalue weighted by molar-refractivity contribution is 0.0747. The van der Waals surface area contributed by atoms with E-state index in [-0.39, 0.29) is 5.91 Å². The number of amides is 1. The van der Waals surface area contributed by atoms with Crippen LogP contribution in [-0.2, 0) is 0 Å². The number of piperazine rings is 1. The third-order valence-electron chi connectivity index (χ3n) is 5.16. The van der Waals surface area contributed by atoms with Crippen LogP contribution in [0.3, 0.4) is 0 Å². The van der Waals surface area contributed by atoms with Crippen molar-refractivity contribution in [2.75, 3.05) is 31.1 Å². The zero-order valence-corrected chi connectivity index (χ0v) is 16.7. The highest BCUT2D eigenvalue weighted by Crippen LogP contribution is 2.23. The van der Waals surface area contributed by atoms with Crippen LogP contribution in [0.15, 0.2) is 48.8 Å². The van der Waals surface area contributed by atoms with Crippen LogP contribution in [-0.4, -0.2) is 51.8 Å². The van der Waals surface area contributed by atoms with Crippen molar-refractivity contribution >= 4 is 23.2 Å². The lowest BCUT2D eigenvalue weighted by atomic mass is 10.1. The molecule has 3 aromatic rings. The molecule has 0 bridgehead atoms. The van der Waals surface area contributed by atoms with E-state index in [9.17, 15) is 4.79 Å². The van der Waals surface area contributed by atoms with Gasteiger partial charge in [-0.05, 0) is 50.2 Å². The number of benzene rings is 1. The monoisotopic (exact) mass is 395 g/mol. The van der Waals surface area contributed by atoms with E-state index in [2.05, 4.69) is 15.0 Å². The Hall–Kier alpha value is -2.86. The highest BCUT2D eigenvalue weighted by atomic mass is 35.5. The van der Waals surface area contributed by atoms with E-state index in [0.29, 0.717) is 23.7 Å². The summed E-state index contributed by atoms with van der Waals surface area (Å²) in [6.45, 7) is 6.86. The van der Waals surface area contributed by atoms with E-state index in [1.54, 1.807) is 17.1 Å². The third kappa shape index (κ3) is 3.47. The third-order valence-corrected chi connectivity index (χ3v) is 5.70. The van der Waals surface area contributed by atoms with Gasteiger partial charge in [-0.3, -0.25) is 9.78 Å². The first-order valence-electron chi connectivity index (χ1n) is 9.31. The Labute approximate surface area is 169 Å². The van der Waals surface area contributed by atoms with Crippen LogP contribution in [0.25, 0.3) is 5.69 Å². The normalized spacial score (nSPS) is 14.4. The maximum absolute atomic E-state index is 12.9. The fraction of sp³-hybridized carbons (Fsp3) is 0.286. The van der Waals surface area contributed by atoms with Gasteiger partial charge in [0.05, 0.1) is 22.1 Å². The molecule has 0 unspecified atom stereocenters. The van der Waals surface area contributed by atoms with Crippen LogP contribution in [0.1, 0.15) is 21.7 Å². The van der Waals surface area contributed by atoms with Gasteiger partial charge < -0.3 is 9.80 Å². The highest BCUT2D eigenvalue weighted by molar-refractivity contribution is 6.31. The van der Waals surface area contributed by atoms with Gasteiger partial charge in [0.2, 0.25) is 0 Å². The average molecular weight is 396 g/mol. The van der Waals surface area contributed by atoms with Gasteiger partial charge in [-0.2, -0.15) is 5.10 Å². The molecule has 4 rings (SSSR count). The number of rotatable bonds is 3. The van der Waals surface area contributed by atoms with E-state index in [1.165, 1.54) is 0 Å². The second kappa shape index (κ2) is 7.64. The van der Waals surface area contributed by atoms with Crippen molar-refractivity contribution in [1.82, 2.24) is 19.7 Å². The number of halogens is 1. The standard InChI is InChI=1S/C21H22ClN5O/c1-15-20(22)16(2)27(24-15)19-5-3-17(4-6-19)21(28)26-13-11-25(12-14-26)18-7-9-23-10-8-18/h3-10H,11-14H2,1-2H3. The number of carbonyl (C=O) groups excluding carboxylic acids is 1. The van der Waals surface area contributed by atoms with Crippen molar-refractivity contribution in [3.8, 4) is 5.69 Å². The predicted octanol–water partition coefficient (Wildman–Crippen LogP) is 3.50. The maximum atomic E-state index is 12.9.